The number of allylic oxidation sites excluding steroid dienone is 1. The lowest BCUT2D eigenvalue weighted by Gasteiger charge is -2.48. The molecule has 3 aliphatic rings. The van der Waals surface area contributed by atoms with E-state index in [1.165, 1.54) is 17.0 Å². The largest absolute Gasteiger partial charge is 0.333 e. The molecule has 0 N–H and O–H groups in total. The maximum absolute atomic E-state index is 14.0. The molecule has 0 radical (unpaired) electrons. The zero-order chi connectivity index (χ0) is 23.1. The van der Waals surface area contributed by atoms with Crippen LogP contribution in [0.1, 0.15) is 69.7 Å². The van der Waals surface area contributed by atoms with E-state index in [0.29, 0.717) is 56.6 Å². The minimum Gasteiger partial charge on any atom is -0.333 e. The molecule has 1 amide bonds. The third kappa shape index (κ3) is 4.01. The minimum atomic E-state index is -3.18. The van der Waals surface area contributed by atoms with E-state index >= 15 is 0 Å². The molecular weight excluding hydrogens is 421 g/mol. The van der Waals surface area contributed by atoms with Crippen molar-refractivity contribution in [1.82, 2.24) is 10.1 Å². The van der Waals surface area contributed by atoms with Crippen LogP contribution in [0.25, 0.3) is 0 Å². The Morgan fingerprint density at radius 2 is 2.09 bits per heavy atom. The van der Waals surface area contributed by atoms with Crippen LogP contribution in [0.5, 0.6) is 0 Å². The maximum atomic E-state index is 14.0. The van der Waals surface area contributed by atoms with Gasteiger partial charge in [0.25, 0.3) is 5.89 Å². The van der Waals surface area contributed by atoms with Crippen LogP contribution in [0.3, 0.4) is 0 Å². The molecule has 6 nitrogen and oxygen atoms in total. The summed E-state index contributed by atoms with van der Waals surface area (Å²) in [6.07, 6.45) is 3.51. The fraction of sp³-hybridized carbons (Fsp3) is 0.478. The number of amides is 1. The van der Waals surface area contributed by atoms with Gasteiger partial charge in [0, 0.05) is 31.0 Å². The number of halogens is 3. The lowest BCUT2D eigenvalue weighted by atomic mass is 9.57. The minimum absolute atomic E-state index is 0.140. The summed E-state index contributed by atoms with van der Waals surface area (Å²) < 4.78 is 45.7. The number of anilines is 1. The van der Waals surface area contributed by atoms with Gasteiger partial charge >= 0.3 is 5.92 Å². The number of rotatable bonds is 7. The lowest BCUT2D eigenvalue weighted by molar-refractivity contribution is -0.118. The number of aromatic nitrogens is 2. The highest BCUT2D eigenvalue weighted by atomic mass is 19.3. The first-order valence-corrected chi connectivity index (χ1v) is 10.6. The van der Waals surface area contributed by atoms with E-state index in [-0.39, 0.29) is 11.5 Å². The van der Waals surface area contributed by atoms with E-state index in [2.05, 4.69) is 10.1 Å². The number of fused-ring (bicyclic) bond motifs is 2. The summed E-state index contributed by atoms with van der Waals surface area (Å²) in [6, 6.07) is 5.84. The topological polar surface area (TPSA) is 83.0 Å². The van der Waals surface area contributed by atoms with Crippen LogP contribution >= 0.6 is 0 Å². The molecule has 0 saturated heterocycles. The summed E-state index contributed by atoms with van der Waals surface area (Å²) >= 11 is 0. The molecule has 1 aromatic carbocycles. The van der Waals surface area contributed by atoms with Gasteiger partial charge in [-0.15, -0.1) is 0 Å². The second kappa shape index (κ2) is 8.08. The average molecular weight is 444 g/mol. The Hall–Kier alpha value is -3.15. The highest BCUT2D eigenvalue weighted by molar-refractivity contribution is 5.94. The second-order valence-corrected chi connectivity index (χ2v) is 8.69. The first kappa shape index (κ1) is 22.1. The molecule has 1 heterocycles. The number of nitriles is 1. The fourth-order valence-corrected chi connectivity index (χ4v) is 4.49. The first-order chi connectivity index (χ1) is 15.1. The Morgan fingerprint density at radius 3 is 2.66 bits per heavy atom. The standard InChI is InChI=1S/C23H23F3N4O2/c1-3-4-19(31)30(18-8-14(12-27)7-17(24)9-18)13-15-5-6-23(10-16(15)11-23)20-28-21(32-29-20)22(2,25)26/h7-9H,3-6,10-11,13H2,1-2H3. The SMILES string of the molecule is CCCC(=O)N(CC1=C2CC(c3noc(C(C)(F)F)n3)(CC1)C2)c1cc(F)cc(C#N)c1. The van der Waals surface area contributed by atoms with E-state index in [0.717, 1.165) is 24.1 Å². The summed E-state index contributed by atoms with van der Waals surface area (Å²) in [5.41, 5.74) is 2.31. The van der Waals surface area contributed by atoms with Crippen LogP contribution in [0.2, 0.25) is 0 Å². The van der Waals surface area contributed by atoms with E-state index in [1.54, 1.807) is 0 Å². The number of hydrogen-bond acceptors (Lipinski definition) is 5. The van der Waals surface area contributed by atoms with Gasteiger partial charge in [-0.05, 0) is 50.3 Å². The molecule has 32 heavy (non-hydrogen) atoms. The third-order valence-electron chi connectivity index (χ3n) is 6.22. The van der Waals surface area contributed by atoms with Crippen molar-refractivity contribution >= 4 is 11.6 Å². The fourth-order valence-electron chi connectivity index (χ4n) is 4.49. The molecule has 9 heteroatoms. The summed E-state index contributed by atoms with van der Waals surface area (Å²) in [7, 11) is 0. The zero-order valence-corrected chi connectivity index (χ0v) is 17.9. The van der Waals surface area contributed by atoms with E-state index < -0.39 is 23.0 Å². The highest BCUT2D eigenvalue weighted by Gasteiger charge is 2.50. The summed E-state index contributed by atoms with van der Waals surface area (Å²) in [4.78, 5) is 18.3. The Morgan fingerprint density at radius 1 is 1.34 bits per heavy atom. The Kier molecular flexibility index (Phi) is 5.57. The van der Waals surface area contributed by atoms with E-state index in [9.17, 15) is 23.2 Å². The predicted molar refractivity (Wildman–Crippen MR) is 109 cm³/mol. The normalized spacial score (nSPS) is 17.0. The Balaban J connectivity index is 1.57. The van der Waals surface area contributed by atoms with Gasteiger partial charge in [-0.2, -0.15) is 19.0 Å². The summed E-state index contributed by atoms with van der Waals surface area (Å²) in [5.74, 6) is -4.27. The highest BCUT2D eigenvalue weighted by Crippen LogP contribution is 2.55. The molecule has 1 aromatic heterocycles. The molecule has 0 unspecified atom stereocenters. The number of carbonyl (C=O) groups excluding carboxylic acids is 1. The zero-order valence-electron chi connectivity index (χ0n) is 17.9. The molecule has 1 saturated carbocycles. The molecule has 1 fully saturated rings. The second-order valence-electron chi connectivity index (χ2n) is 8.69. The smallest absolute Gasteiger partial charge is 0.322 e. The molecule has 2 bridgehead atoms. The number of alkyl halides is 2. The van der Waals surface area contributed by atoms with Gasteiger partial charge in [0.05, 0.1) is 11.6 Å². The molecule has 0 atom stereocenters. The maximum Gasteiger partial charge on any atom is 0.322 e. The van der Waals surface area contributed by atoms with Crippen LogP contribution in [-0.4, -0.2) is 22.6 Å². The monoisotopic (exact) mass is 444 g/mol. The van der Waals surface area contributed by atoms with Gasteiger partial charge in [-0.25, -0.2) is 4.39 Å². The van der Waals surface area contributed by atoms with Crippen LogP contribution in [0, 0.1) is 17.1 Å². The molecular formula is C23H23F3N4O2. The lowest BCUT2D eigenvalue weighted by Crippen LogP contribution is -2.44. The molecule has 0 aliphatic heterocycles. The van der Waals surface area contributed by atoms with Crippen molar-refractivity contribution in [3.63, 3.8) is 0 Å². The number of carbonyl (C=O) groups is 1. The quantitative estimate of drug-likeness (QED) is 0.552. The summed E-state index contributed by atoms with van der Waals surface area (Å²) in [5, 5.41) is 13.0. The Bertz CT molecular complexity index is 1120. The van der Waals surface area contributed by atoms with Crippen LogP contribution in [0.4, 0.5) is 18.9 Å². The van der Waals surface area contributed by atoms with Crippen LogP contribution in [-0.2, 0) is 16.1 Å². The van der Waals surface area contributed by atoms with Crippen LogP contribution in [0.15, 0.2) is 33.9 Å². The molecule has 168 valence electrons. The number of hydrogen-bond donors (Lipinski definition) is 0. The van der Waals surface area contributed by atoms with Crippen LogP contribution < -0.4 is 4.90 Å². The number of nitrogens with zero attached hydrogens (tertiary/aromatic N) is 4. The molecule has 2 aromatic rings. The number of benzene rings is 1. The van der Waals surface area contributed by atoms with Gasteiger partial charge in [-0.3, -0.25) is 4.79 Å². The van der Waals surface area contributed by atoms with Gasteiger partial charge in [0.2, 0.25) is 5.91 Å². The van der Waals surface area contributed by atoms with Crippen molar-refractivity contribution in [3.05, 3.63) is 52.4 Å². The van der Waals surface area contributed by atoms with Gasteiger partial charge in [0.15, 0.2) is 5.82 Å². The first-order valence-electron chi connectivity index (χ1n) is 10.6. The van der Waals surface area contributed by atoms with Gasteiger partial charge in [0.1, 0.15) is 5.82 Å². The van der Waals surface area contributed by atoms with E-state index in [4.69, 9.17) is 4.52 Å². The average Bonchev–Trinajstić information content (AvgIpc) is 3.22. The van der Waals surface area contributed by atoms with Gasteiger partial charge in [-0.1, -0.05) is 23.2 Å². The molecule has 5 rings (SSSR count). The molecule has 0 spiro atoms. The van der Waals surface area contributed by atoms with Gasteiger partial charge < -0.3 is 9.42 Å². The third-order valence-corrected chi connectivity index (χ3v) is 6.22. The van der Waals surface area contributed by atoms with Crippen molar-refractivity contribution in [2.45, 2.75) is 63.7 Å². The summed E-state index contributed by atoms with van der Waals surface area (Å²) in [6.45, 7) is 2.92. The van der Waals surface area contributed by atoms with Crippen molar-refractivity contribution in [2.75, 3.05) is 11.4 Å². The van der Waals surface area contributed by atoms with Crippen molar-refractivity contribution in [1.29, 1.82) is 5.26 Å². The van der Waals surface area contributed by atoms with Crippen molar-refractivity contribution < 1.29 is 22.5 Å². The van der Waals surface area contributed by atoms with Crippen molar-refractivity contribution in [3.8, 4) is 6.07 Å². The Labute approximate surface area is 183 Å². The molecule has 3 aliphatic carbocycles. The van der Waals surface area contributed by atoms with Crippen molar-refractivity contribution in [2.24, 2.45) is 0 Å². The predicted octanol–water partition coefficient (Wildman–Crippen LogP) is 5.15. The van der Waals surface area contributed by atoms with E-state index in [1.807, 2.05) is 13.0 Å².